The Morgan fingerprint density at radius 3 is 2.65 bits per heavy atom. The molecule has 3 N–H and O–H groups in total. The molecule has 0 aromatic heterocycles. The highest BCUT2D eigenvalue weighted by atomic mass is 79.9. The monoisotopic (exact) mass is 339 g/mol. The van der Waals surface area contributed by atoms with Crippen LogP contribution in [0.25, 0.3) is 0 Å². The maximum atomic E-state index is 12.1. The van der Waals surface area contributed by atoms with Crippen molar-refractivity contribution >= 4 is 33.7 Å². The fourth-order valence-corrected chi connectivity index (χ4v) is 2.30. The SMILES string of the molecule is NCCCNC(=O)CN1C(=O)c2ccc(Br)cc2C1=O. The van der Waals surface area contributed by atoms with Crippen molar-refractivity contribution < 1.29 is 14.4 Å². The Hall–Kier alpha value is -1.73. The van der Waals surface area contributed by atoms with Gasteiger partial charge in [0.1, 0.15) is 6.54 Å². The summed E-state index contributed by atoms with van der Waals surface area (Å²) < 4.78 is 0.714. The average molecular weight is 340 g/mol. The van der Waals surface area contributed by atoms with E-state index < -0.39 is 11.8 Å². The highest BCUT2D eigenvalue weighted by Crippen LogP contribution is 2.25. The first-order chi connectivity index (χ1) is 9.54. The van der Waals surface area contributed by atoms with Crippen LogP contribution < -0.4 is 11.1 Å². The first-order valence-corrected chi connectivity index (χ1v) is 6.96. The van der Waals surface area contributed by atoms with Crippen LogP contribution in [0.4, 0.5) is 0 Å². The smallest absolute Gasteiger partial charge is 0.262 e. The largest absolute Gasteiger partial charge is 0.354 e. The van der Waals surface area contributed by atoms with Gasteiger partial charge in [-0.3, -0.25) is 19.3 Å². The van der Waals surface area contributed by atoms with E-state index in [1.54, 1.807) is 18.2 Å². The highest BCUT2D eigenvalue weighted by Gasteiger charge is 2.36. The minimum atomic E-state index is -0.444. The Balaban J connectivity index is 2.07. The molecule has 1 aliphatic heterocycles. The van der Waals surface area contributed by atoms with Crippen LogP contribution in [0, 0.1) is 0 Å². The molecule has 0 atom stereocenters. The molecule has 1 aromatic carbocycles. The predicted octanol–water partition coefficient (Wildman–Crippen LogP) is 0.510. The number of carbonyl (C=O) groups excluding carboxylic acids is 3. The number of rotatable bonds is 5. The molecule has 0 aliphatic carbocycles. The van der Waals surface area contributed by atoms with Gasteiger partial charge >= 0.3 is 0 Å². The lowest BCUT2D eigenvalue weighted by molar-refractivity contribution is -0.121. The molecule has 1 aliphatic rings. The van der Waals surface area contributed by atoms with Crippen LogP contribution in [0.1, 0.15) is 27.1 Å². The van der Waals surface area contributed by atoms with Gasteiger partial charge in [-0.25, -0.2) is 0 Å². The molecule has 20 heavy (non-hydrogen) atoms. The maximum absolute atomic E-state index is 12.1. The van der Waals surface area contributed by atoms with Gasteiger partial charge in [-0.05, 0) is 31.2 Å². The average Bonchev–Trinajstić information content (AvgIpc) is 2.64. The number of nitrogens with zero attached hydrogens (tertiary/aromatic N) is 1. The lowest BCUT2D eigenvalue weighted by Crippen LogP contribution is -2.40. The summed E-state index contributed by atoms with van der Waals surface area (Å²) in [7, 11) is 0. The van der Waals surface area contributed by atoms with E-state index in [0.29, 0.717) is 35.1 Å². The van der Waals surface area contributed by atoms with Crippen LogP contribution >= 0.6 is 15.9 Å². The minimum absolute atomic E-state index is 0.269. The van der Waals surface area contributed by atoms with Gasteiger partial charge in [0, 0.05) is 11.0 Å². The van der Waals surface area contributed by atoms with Gasteiger partial charge in [-0.1, -0.05) is 15.9 Å². The Bertz CT molecular complexity index is 574. The van der Waals surface area contributed by atoms with E-state index in [1.807, 2.05) is 0 Å². The number of carbonyl (C=O) groups is 3. The number of hydrogen-bond donors (Lipinski definition) is 2. The molecule has 0 unspecified atom stereocenters. The second kappa shape index (κ2) is 6.15. The molecule has 0 radical (unpaired) electrons. The van der Waals surface area contributed by atoms with Crippen LogP contribution in [0.3, 0.4) is 0 Å². The summed E-state index contributed by atoms with van der Waals surface area (Å²) in [6, 6.07) is 4.85. The lowest BCUT2D eigenvalue weighted by atomic mass is 10.1. The molecule has 1 heterocycles. The third-order valence-electron chi connectivity index (χ3n) is 2.94. The quantitative estimate of drug-likeness (QED) is 0.603. The first-order valence-electron chi connectivity index (χ1n) is 6.17. The maximum Gasteiger partial charge on any atom is 0.262 e. The van der Waals surface area contributed by atoms with Gasteiger partial charge in [-0.2, -0.15) is 0 Å². The van der Waals surface area contributed by atoms with E-state index in [-0.39, 0.29) is 12.5 Å². The van der Waals surface area contributed by atoms with Gasteiger partial charge < -0.3 is 11.1 Å². The summed E-state index contributed by atoms with van der Waals surface area (Å²) >= 11 is 3.25. The second-order valence-electron chi connectivity index (χ2n) is 4.38. The second-order valence-corrected chi connectivity index (χ2v) is 5.29. The number of fused-ring (bicyclic) bond motifs is 1. The molecule has 0 spiro atoms. The number of benzene rings is 1. The summed E-state index contributed by atoms with van der Waals surface area (Å²) in [6.45, 7) is 0.639. The third-order valence-corrected chi connectivity index (χ3v) is 3.43. The zero-order valence-electron chi connectivity index (χ0n) is 10.7. The van der Waals surface area contributed by atoms with Crippen molar-refractivity contribution in [1.29, 1.82) is 0 Å². The van der Waals surface area contributed by atoms with Crippen molar-refractivity contribution in [2.45, 2.75) is 6.42 Å². The number of imide groups is 1. The molecular formula is C13H14BrN3O3. The molecule has 6 nitrogen and oxygen atoms in total. The normalized spacial score (nSPS) is 13.6. The van der Waals surface area contributed by atoms with Crippen molar-refractivity contribution in [3.8, 4) is 0 Å². The fraction of sp³-hybridized carbons (Fsp3) is 0.308. The van der Waals surface area contributed by atoms with E-state index >= 15 is 0 Å². The molecule has 0 saturated heterocycles. The Labute approximate surface area is 124 Å². The first kappa shape index (κ1) is 14.7. The molecule has 1 aromatic rings. The molecule has 0 saturated carbocycles. The van der Waals surface area contributed by atoms with Crippen LogP contribution in [0.2, 0.25) is 0 Å². The third kappa shape index (κ3) is 2.88. The molecule has 0 bridgehead atoms. The number of amides is 3. The number of nitrogens with two attached hydrogens (primary N) is 1. The molecule has 0 fully saturated rings. The standard InChI is InChI=1S/C13H14BrN3O3/c14-8-2-3-9-10(6-8)13(20)17(12(9)19)7-11(18)16-5-1-4-15/h2-3,6H,1,4-5,7,15H2,(H,16,18). The van der Waals surface area contributed by atoms with Crippen molar-refractivity contribution in [1.82, 2.24) is 10.2 Å². The Kier molecular flexibility index (Phi) is 4.51. The summed E-state index contributed by atoms with van der Waals surface area (Å²) in [4.78, 5) is 36.8. The van der Waals surface area contributed by atoms with Crippen molar-refractivity contribution in [2.24, 2.45) is 5.73 Å². The summed E-state index contributed by atoms with van der Waals surface area (Å²) in [5.41, 5.74) is 5.97. The number of hydrogen-bond acceptors (Lipinski definition) is 4. The molecule has 3 amide bonds. The summed E-state index contributed by atoms with van der Waals surface area (Å²) in [6.07, 6.45) is 0.654. The van der Waals surface area contributed by atoms with Gasteiger partial charge in [0.05, 0.1) is 11.1 Å². The molecule has 7 heteroatoms. The van der Waals surface area contributed by atoms with Crippen LogP contribution in [0.5, 0.6) is 0 Å². The van der Waals surface area contributed by atoms with Crippen molar-refractivity contribution in [3.05, 3.63) is 33.8 Å². The topological polar surface area (TPSA) is 92.5 Å². The van der Waals surface area contributed by atoms with E-state index in [0.717, 1.165) is 4.90 Å². The van der Waals surface area contributed by atoms with Gasteiger partial charge in [-0.15, -0.1) is 0 Å². The van der Waals surface area contributed by atoms with Gasteiger partial charge in [0.15, 0.2) is 0 Å². The molecule has 2 rings (SSSR count). The van der Waals surface area contributed by atoms with Crippen molar-refractivity contribution in [2.75, 3.05) is 19.6 Å². The van der Waals surface area contributed by atoms with Gasteiger partial charge in [0.2, 0.25) is 5.91 Å². The van der Waals surface area contributed by atoms with Crippen LogP contribution in [-0.4, -0.2) is 42.3 Å². The summed E-state index contributed by atoms with van der Waals surface area (Å²) in [5.74, 6) is -1.25. The predicted molar refractivity (Wildman–Crippen MR) is 76.2 cm³/mol. The van der Waals surface area contributed by atoms with Gasteiger partial charge in [0.25, 0.3) is 11.8 Å². The van der Waals surface area contributed by atoms with E-state index in [1.165, 1.54) is 0 Å². The molecule has 106 valence electrons. The van der Waals surface area contributed by atoms with Crippen LogP contribution in [0.15, 0.2) is 22.7 Å². The Morgan fingerprint density at radius 1 is 1.25 bits per heavy atom. The van der Waals surface area contributed by atoms with Crippen LogP contribution in [-0.2, 0) is 4.79 Å². The number of halogens is 1. The molecular weight excluding hydrogens is 326 g/mol. The lowest BCUT2D eigenvalue weighted by Gasteiger charge is -2.13. The van der Waals surface area contributed by atoms with E-state index in [4.69, 9.17) is 5.73 Å². The number of nitrogens with one attached hydrogen (secondary N) is 1. The van der Waals surface area contributed by atoms with Crippen molar-refractivity contribution in [3.63, 3.8) is 0 Å². The zero-order chi connectivity index (χ0) is 14.7. The zero-order valence-corrected chi connectivity index (χ0v) is 12.3. The van der Waals surface area contributed by atoms with E-state index in [2.05, 4.69) is 21.2 Å². The minimum Gasteiger partial charge on any atom is -0.354 e. The Morgan fingerprint density at radius 2 is 1.95 bits per heavy atom. The van der Waals surface area contributed by atoms with E-state index in [9.17, 15) is 14.4 Å². The highest BCUT2D eigenvalue weighted by molar-refractivity contribution is 9.10. The summed E-state index contributed by atoms with van der Waals surface area (Å²) in [5, 5.41) is 2.62. The fourth-order valence-electron chi connectivity index (χ4n) is 1.94.